The zero-order valence-electron chi connectivity index (χ0n) is 14.3. The highest BCUT2D eigenvalue weighted by atomic mass is 19.1. The van der Waals surface area contributed by atoms with E-state index in [2.05, 4.69) is 5.32 Å². The smallest absolute Gasteiger partial charge is 0.254 e. The molecule has 0 saturated carbocycles. The molecule has 2 atom stereocenters. The molecule has 0 aliphatic rings. The average Bonchev–Trinajstić information content (AvgIpc) is 2.60. The Labute approximate surface area is 145 Å². The third-order valence-electron chi connectivity index (χ3n) is 4.20. The molecule has 2 aromatic rings. The Balaban J connectivity index is 2.25. The van der Waals surface area contributed by atoms with Crippen LogP contribution in [0.15, 0.2) is 36.4 Å². The van der Waals surface area contributed by atoms with Gasteiger partial charge in [-0.2, -0.15) is 0 Å². The first-order valence-corrected chi connectivity index (χ1v) is 7.92. The topological polar surface area (TPSA) is 58.6 Å². The number of carbonyl (C=O) groups excluding carboxylic acids is 1. The van der Waals surface area contributed by atoms with E-state index in [0.717, 1.165) is 6.07 Å². The number of carbonyl (C=O) groups is 1. The summed E-state index contributed by atoms with van der Waals surface area (Å²) in [5.74, 6) is -1.65. The summed E-state index contributed by atoms with van der Waals surface area (Å²) in [6.07, 6.45) is 0. The van der Waals surface area contributed by atoms with Crippen LogP contribution >= 0.6 is 0 Å². The quantitative estimate of drug-likeness (QED) is 0.840. The molecule has 0 fully saturated rings. The van der Waals surface area contributed by atoms with E-state index in [0.29, 0.717) is 11.3 Å². The molecule has 0 aromatic heterocycles. The van der Waals surface area contributed by atoms with E-state index in [4.69, 9.17) is 9.84 Å². The summed E-state index contributed by atoms with van der Waals surface area (Å²) in [6.45, 7) is 3.42. The molecule has 1 amide bonds. The number of hydrogen-bond donors (Lipinski definition) is 2. The Morgan fingerprint density at radius 1 is 1.16 bits per heavy atom. The number of amides is 1. The molecule has 0 aliphatic carbocycles. The second kappa shape index (κ2) is 8.07. The molecule has 134 valence electrons. The van der Waals surface area contributed by atoms with Crippen molar-refractivity contribution in [1.82, 2.24) is 5.32 Å². The number of ether oxygens (including phenoxy) is 1. The summed E-state index contributed by atoms with van der Waals surface area (Å²) in [7, 11) is 1.43. The minimum atomic E-state index is -0.742. The summed E-state index contributed by atoms with van der Waals surface area (Å²) < 4.78 is 33.4. The molecule has 4 nitrogen and oxygen atoms in total. The first-order valence-electron chi connectivity index (χ1n) is 7.92. The Hall–Kier alpha value is -2.47. The number of hydrogen-bond acceptors (Lipinski definition) is 3. The molecular formula is C19H21F2NO3. The van der Waals surface area contributed by atoms with Gasteiger partial charge < -0.3 is 15.2 Å². The molecule has 0 bridgehead atoms. The molecule has 0 aliphatic heterocycles. The summed E-state index contributed by atoms with van der Waals surface area (Å²) in [5, 5.41) is 11.7. The van der Waals surface area contributed by atoms with Gasteiger partial charge in [-0.15, -0.1) is 0 Å². The van der Waals surface area contributed by atoms with Crippen LogP contribution in [0.25, 0.3) is 11.1 Å². The van der Waals surface area contributed by atoms with E-state index >= 15 is 0 Å². The number of benzene rings is 2. The highest BCUT2D eigenvalue weighted by Gasteiger charge is 2.18. The van der Waals surface area contributed by atoms with Crippen molar-refractivity contribution in [2.24, 2.45) is 5.92 Å². The number of aliphatic hydroxyl groups excluding tert-OH is 1. The van der Waals surface area contributed by atoms with Gasteiger partial charge in [0.25, 0.3) is 5.91 Å². The zero-order valence-corrected chi connectivity index (χ0v) is 14.3. The van der Waals surface area contributed by atoms with Gasteiger partial charge in [0.2, 0.25) is 0 Å². The van der Waals surface area contributed by atoms with Crippen LogP contribution < -0.4 is 10.1 Å². The molecule has 2 N–H and O–H groups in total. The SMILES string of the molecule is COc1ccc(-c2ccc(C(=O)NC(C)C(C)CO)c(F)c2)c(F)c1. The Morgan fingerprint density at radius 2 is 1.88 bits per heavy atom. The van der Waals surface area contributed by atoms with Gasteiger partial charge in [0.1, 0.15) is 17.4 Å². The third kappa shape index (κ3) is 4.33. The maximum Gasteiger partial charge on any atom is 0.254 e. The van der Waals surface area contributed by atoms with Gasteiger partial charge in [-0.05, 0) is 42.7 Å². The molecule has 0 heterocycles. The summed E-state index contributed by atoms with van der Waals surface area (Å²) in [5.41, 5.74) is 0.412. The number of nitrogens with one attached hydrogen (secondary N) is 1. The van der Waals surface area contributed by atoms with Gasteiger partial charge in [0, 0.05) is 24.3 Å². The molecule has 2 rings (SSSR count). The summed E-state index contributed by atoms with van der Waals surface area (Å²) >= 11 is 0. The van der Waals surface area contributed by atoms with E-state index in [-0.39, 0.29) is 29.7 Å². The van der Waals surface area contributed by atoms with Gasteiger partial charge in [0.05, 0.1) is 12.7 Å². The first-order chi connectivity index (χ1) is 11.9. The van der Waals surface area contributed by atoms with E-state index < -0.39 is 17.5 Å². The molecule has 0 saturated heterocycles. The maximum absolute atomic E-state index is 14.3. The van der Waals surface area contributed by atoms with Crippen LogP contribution in [-0.2, 0) is 0 Å². The number of methoxy groups -OCH3 is 1. The molecule has 25 heavy (non-hydrogen) atoms. The van der Waals surface area contributed by atoms with Crippen LogP contribution in [0, 0.1) is 17.6 Å². The third-order valence-corrected chi connectivity index (χ3v) is 4.20. The van der Waals surface area contributed by atoms with E-state index in [1.807, 2.05) is 0 Å². The highest BCUT2D eigenvalue weighted by Crippen LogP contribution is 2.27. The van der Waals surface area contributed by atoms with Gasteiger partial charge in [-0.3, -0.25) is 4.79 Å². The largest absolute Gasteiger partial charge is 0.497 e. The molecule has 2 aromatic carbocycles. The van der Waals surface area contributed by atoms with E-state index in [1.54, 1.807) is 19.9 Å². The maximum atomic E-state index is 14.3. The van der Waals surface area contributed by atoms with Crippen molar-refractivity contribution in [1.29, 1.82) is 0 Å². The molecule has 6 heteroatoms. The lowest BCUT2D eigenvalue weighted by molar-refractivity contribution is 0.0912. The average molecular weight is 349 g/mol. The minimum absolute atomic E-state index is 0.0837. The van der Waals surface area contributed by atoms with Crippen molar-refractivity contribution < 1.29 is 23.4 Å². The Bertz CT molecular complexity index is 764. The first kappa shape index (κ1) is 18.9. The Morgan fingerprint density at radius 3 is 2.44 bits per heavy atom. The van der Waals surface area contributed by atoms with Crippen LogP contribution in [0.1, 0.15) is 24.2 Å². The van der Waals surface area contributed by atoms with Crippen LogP contribution in [-0.4, -0.2) is 30.8 Å². The zero-order chi connectivity index (χ0) is 18.6. The predicted octanol–water partition coefficient (Wildman–Crippen LogP) is 3.39. The lowest BCUT2D eigenvalue weighted by atomic mass is 10.0. The fraction of sp³-hybridized carbons (Fsp3) is 0.316. The lowest BCUT2D eigenvalue weighted by Gasteiger charge is -2.19. The molecule has 2 unspecified atom stereocenters. The van der Waals surface area contributed by atoms with Gasteiger partial charge >= 0.3 is 0 Å². The van der Waals surface area contributed by atoms with Crippen molar-refractivity contribution in [2.75, 3.05) is 13.7 Å². The van der Waals surface area contributed by atoms with Crippen LogP contribution in [0.5, 0.6) is 5.75 Å². The second-order valence-electron chi connectivity index (χ2n) is 5.96. The summed E-state index contributed by atoms with van der Waals surface area (Å²) in [4.78, 5) is 12.2. The Kier molecular flexibility index (Phi) is 6.09. The number of halogens is 2. The van der Waals surface area contributed by atoms with E-state index in [1.165, 1.54) is 31.4 Å². The van der Waals surface area contributed by atoms with Crippen molar-refractivity contribution in [2.45, 2.75) is 19.9 Å². The molecular weight excluding hydrogens is 328 g/mol. The monoisotopic (exact) mass is 349 g/mol. The second-order valence-corrected chi connectivity index (χ2v) is 5.96. The van der Waals surface area contributed by atoms with Gasteiger partial charge in [-0.25, -0.2) is 8.78 Å². The van der Waals surface area contributed by atoms with Crippen LogP contribution in [0.4, 0.5) is 8.78 Å². The van der Waals surface area contributed by atoms with Crippen LogP contribution in [0.2, 0.25) is 0 Å². The lowest BCUT2D eigenvalue weighted by Crippen LogP contribution is -2.38. The van der Waals surface area contributed by atoms with Crippen molar-refractivity contribution in [3.63, 3.8) is 0 Å². The highest BCUT2D eigenvalue weighted by molar-refractivity contribution is 5.95. The summed E-state index contributed by atoms with van der Waals surface area (Å²) in [6, 6.07) is 7.91. The van der Waals surface area contributed by atoms with Crippen molar-refractivity contribution >= 4 is 5.91 Å². The minimum Gasteiger partial charge on any atom is -0.497 e. The molecule has 0 radical (unpaired) electrons. The van der Waals surface area contributed by atoms with E-state index in [9.17, 15) is 13.6 Å². The normalized spacial score (nSPS) is 13.2. The standard InChI is InChI=1S/C19H21F2NO3/c1-11(10-23)12(2)22-19(24)16-6-4-13(8-17(16)20)15-7-5-14(25-3)9-18(15)21/h4-9,11-12,23H,10H2,1-3H3,(H,22,24). The predicted molar refractivity (Wildman–Crippen MR) is 91.5 cm³/mol. The molecule has 0 spiro atoms. The van der Waals surface area contributed by atoms with Gasteiger partial charge in [-0.1, -0.05) is 13.0 Å². The van der Waals surface area contributed by atoms with Crippen LogP contribution in [0.3, 0.4) is 0 Å². The number of aliphatic hydroxyl groups is 1. The fourth-order valence-corrected chi connectivity index (χ4v) is 2.31. The number of rotatable bonds is 6. The van der Waals surface area contributed by atoms with Gasteiger partial charge in [0.15, 0.2) is 0 Å². The fourth-order valence-electron chi connectivity index (χ4n) is 2.31. The van der Waals surface area contributed by atoms with Crippen molar-refractivity contribution in [3.8, 4) is 16.9 Å². The van der Waals surface area contributed by atoms with Crippen molar-refractivity contribution in [3.05, 3.63) is 53.6 Å².